The van der Waals surface area contributed by atoms with Crippen molar-refractivity contribution in [1.29, 1.82) is 0 Å². The molecule has 7 nitrogen and oxygen atoms in total. The number of nitrogens with zero attached hydrogens (tertiary/aromatic N) is 6. The number of ether oxygens (including phenoxy) is 1. The fraction of sp³-hybridized carbons (Fsp3) is 0.212. The van der Waals surface area contributed by atoms with Crippen LogP contribution in [0.2, 0.25) is 0 Å². The lowest BCUT2D eigenvalue weighted by atomic mass is 9.80. The molecule has 2 atom stereocenters. The molecule has 3 aromatic carbocycles. The number of imidazole rings is 1. The maximum absolute atomic E-state index is 7.07. The standard InChI is InChI=1S/C33H32N6O/c1-38(2)23-37-31-30-32(35-22-34-31)39(24-36-30)29-19-18-25(20-29)21-40-33(26-12-6-3-7-13-26,27-14-8-4-9-15-27)28-16-10-5-11-17-28/h3-19,22-25,29H,20-21H2,1-2H3/b37-23+/t25-,29+/m1/s1. The summed E-state index contributed by atoms with van der Waals surface area (Å²) in [5, 5.41) is 0. The molecule has 0 bridgehead atoms. The molecule has 0 saturated heterocycles. The molecular weight excluding hydrogens is 496 g/mol. The molecule has 1 aliphatic carbocycles. The van der Waals surface area contributed by atoms with Crippen molar-refractivity contribution in [3.63, 3.8) is 0 Å². The van der Waals surface area contributed by atoms with Crippen molar-refractivity contribution >= 4 is 23.3 Å². The molecule has 0 radical (unpaired) electrons. The van der Waals surface area contributed by atoms with Gasteiger partial charge in [-0.2, -0.15) is 0 Å². The summed E-state index contributed by atoms with van der Waals surface area (Å²) in [6, 6.07) is 31.6. The Kier molecular flexibility index (Phi) is 7.21. The van der Waals surface area contributed by atoms with Gasteiger partial charge in [0.15, 0.2) is 17.0 Å². The fourth-order valence-electron chi connectivity index (χ4n) is 5.43. The van der Waals surface area contributed by atoms with Gasteiger partial charge in [0.1, 0.15) is 11.9 Å². The fourth-order valence-corrected chi connectivity index (χ4v) is 5.43. The van der Waals surface area contributed by atoms with Crippen LogP contribution in [-0.4, -0.2) is 51.5 Å². The Morgan fingerprint density at radius 2 is 1.45 bits per heavy atom. The van der Waals surface area contributed by atoms with Crippen molar-refractivity contribution in [2.24, 2.45) is 10.9 Å². The first-order valence-electron chi connectivity index (χ1n) is 13.5. The van der Waals surface area contributed by atoms with E-state index in [1.165, 1.54) is 0 Å². The molecule has 6 rings (SSSR count). The lowest BCUT2D eigenvalue weighted by molar-refractivity contribution is -0.00159. The number of hydrogen-bond acceptors (Lipinski definition) is 5. The zero-order valence-corrected chi connectivity index (χ0v) is 22.7. The minimum absolute atomic E-state index is 0.124. The molecule has 200 valence electrons. The molecule has 0 spiro atoms. The average Bonchev–Trinajstić information content (AvgIpc) is 3.65. The largest absolute Gasteiger partial charge is 0.369 e. The Bertz CT molecular complexity index is 1520. The van der Waals surface area contributed by atoms with Crippen LogP contribution in [0.15, 0.2) is 121 Å². The molecule has 0 fully saturated rings. The van der Waals surface area contributed by atoms with Gasteiger partial charge in [0, 0.05) is 20.0 Å². The molecule has 7 heteroatoms. The molecule has 1 aliphatic rings. The summed E-state index contributed by atoms with van der Waals surface area (Å²) in [5.41, 5.74) is 4.07. The predicted molar refractivity (Wildman–Crippen MR) is 159 cm³/mol. The molecule has 2 heterocycles. The van der Waals surface area contributed by atoms with E-state index in [1.807, 2.05) is 43.5 Å². The van der Waals surface area contributed by atoms with E-state index in [0.717, 1.165) is 28.8 Å². The van der Waals surface area contributed by atoms with Crippen LogP contribution in [0.25, 0.3) is 11.2 Å². The highest BCUT2D eigenvalue weighted by molar-refractivity contribution is 5.83. The quantitative estimate of drug-likeness (QED) is 0.0990. The lowest BCUT2D eigenvalue weighted by Gasteiger charge is -2.36. The highest BCUT2D eigenvalue weighted by Gasteiger charge is 2.38. The van der Waals surface area contributed by atoms with E-state index < -0.39 is 5.60 Å². The van der Waals surface area contributed by atoms with Crippen molar-refractivity contribution in [3.8, 4) is 0 Å². The first-order chi connectivity index (χ1) is 19.6. The van der Waals surface area contributed by atoms with E-state index in [1.54, 1.807) is 12.7 Å². The maximum atomic E-state index is 7.07. The minimum atomic E-state index is -0.732. The second-order valence-electron chi connectivity index (χ2n) is 10.3. The second kappa shape index (κ2) is 11.2. The van der Waals surface area contributed by atoms with Gasteiger partial charge in [0.2, 0.25) is 0 Å². The Labute approximate surface area is 234 Å². The van der Waals surface area contributed by atoms with Crippen molar-refractivity contribution in [2.45, 2.75) is 18.1 Å². The number of allylic oxidation sites excluding steroid dienone is 1. The summed E-state index contributed by atoms with van der Waals surface area (Å²) >= 11 is 0. The number of hydrogen-bond donors (Lipinski definition) is 0. The molecular formula is C33H32N6O. The number of benzene rings is 3. The monoisotopic (exact) mass is 528 g/mol. The average molecular weight is 529 g/mol. The van der Waals surface area contributed by atoms with E-state index in [9.17, 15) is 0 Å². The number of rotatable bonds is 9. The smallest absolute Gasteiger partial charge is 0.184 e. The third-order valence-electron chi connectivity index (χ3n) is 7.31. The summed E-state index contributed by atoms with van der Waals surface area (Å²) < 4.78 is 9.19. The Morgan fingerprint density at radius 1 is 0.850 bits per heavy atom. The summed E-state index contributed by atoms with van der Waals surface area (Å²) in [7, 11) is 3.85. The first-order valence-corrected chi connectivity index (χ1v) is 13.5. The second-order valence-corrected chi connectivity index (χ2v) is 10.3. The maximum Gasteiger partial charge on any atom is 0.184 e. The lowest BCUT2D eigenvalue weighted by Crippen LogP contribution is -2.34. The van der Waals surface area contributed by atoms with Crippen molar-refractivity contribution < 1.29 is 4.74 Å². The number of aromatic nitrogens is 4. The van der Waals surface area contributed by atoms with Gasteiger partial charge in [-0.25, -0.2) is 19.9 Å². The van der Waals surface area contributed by atoms with Crippen molar-refractivity contribution in [1.82, 2.24) is 24.4 Å². The molecule has 0 amide bonds. The normalized spacial score (nSPS) is 17.1. The highest BCUT2D eigenvalue weighted by Crippen LogP contribution is 2.42. The molecule has 2 aromatic heterocycles. The van der Waals surface area contributed by atoms with E-state index in [4.69, 9.17) is 4.74 Å². The van der Waals surface area contributed by atoms with Gasteiger partial charge in [-0.3, -0.25) is 0 Å². The topological polar surface area (TPSA) is 68.4 Å². The van der Waals surface area contributed by atoms with Crippen LogP contribution in [0.5, 0.6) is 0 Å². The van der Waals surface area contributed by atoms with Crippen LogP contribution in [0.4, 0.5) is 5.82 Å². The van der Waals surface area contributed by atoms with Crippen LogP contribution < -0.4 is 0 Å². The molecule has 5 aromatic rings. The van der Waals surface area contributed by atoms with Crippen molar-refractivity contribution in [3.05, 3.63) is 132 Å². The molecule has 40 heavy (non-hydrogen) atoms. The van der Waals surface area contributed by atoms with E-state index in [-0.39, 0.29) is 12.0 Å². The summed E-state index contributed by atoms with van der Waals surface area (Å²) in [6.45, 7) is 0.561. The van der Waals surface area contributed by atoms with Crippen LogP contribution >= 0.6 is 0 Å². The van der Waals surface area contributed by atoms with E-state index >= 15 is 0 Å². The molecule has 0 saturated carbocycles. The van der Waals surface area contributed by atoms with Crippen LogP contribution in [0.1, 0.15) is 29.2 Å². The van der Waals surface area contributed by atoms with Crippen molar-refractivity contribution in [2.75, 3.05) is 20.7 Å². The summed E-state index contributed by atoms with van der Waals surface area (Å²) in [4.78, 5) is 19.8. The van der Waals surface area contributed by atoms with Gasteiger partial charge in [-0.05, 0) is 23.1 Å². The highest BCUT2D eigenvalue weighted by atomic mass is 16.5. The van der Waals surface area contributed by atoms with Gasteiger partial charge in [0.05, 0.1) is 25.3 Å². The SMILES string of the molecule is CN(C)/C=N/c1ncnc2c1ncn2[C@H]1C=C[C@@H](COC(c2ccccc2)(c2ccccc2)c2ccccc2)C1. The third-order valence-corrected chi connectivity index (χ3v) is 7.31. The summed E-state index contributed by atoms with van der Waals surface area (Å²) in [5.74, 6) is 0.795. The van der Waals surface area contributed by atoms with Gasteiger partial charge < -0.3 is 14.2 Å². The Hall–Kier alpha value is -4.62. The van der Waals surface area contributed by atoms with Gasteiger partial charge in [-0.15, -0.1) is 0 Å². The number of aliphatic imine (C=N–C) groups is 1. The molecule has 0 unspecified atom stereocenters. The van der Waals surface area contributed by atoms with Crippen LogP contribution in [0.3, 0.4) is 0 Å². The first kappa shape index (κ1) is 25.6. The van der Waals surface area contributed by atoms with Gasteiger partial charge in [0.25, 0.3) is 0 Å². The van der Waals surface area contributed by atoms with Gasteiger partial charge >= 0.3 is 0 Å². The predicted octanol–water partition coefficient (Wildman–Crippen LogP) is 6.17. The third kappa shape index (κ3) is 4.92. The molecule has 0 aliphatic heterocycles. The number of fused-ring (bicyclic) bond motifs is 1. The van der Waals surface area contributed by atoms with E-state index in [0.29, 0.717) is 17.9 Å². The zero-order valence-electron chi connectivity index (χ0n) is 22.7. The van der Waals surface area contributed by atoms with E-state index in [2.05, 4.69) is 109 Å². The zero-order chi connectivity index (χ0) is 27.4. The Morgan fingerprint density at radius 3 is 2.02 bits per heavy atom. The van der Waals surface area contributed by atoms with Gasteiger partial charge in [-0.1, -0.05) is 103 Å². The summed E-state index contributed by atoms with van der Waals surface area (Å²) in [6.07, 6.45) is 10.5. The van der Waals surface area contributed by atoms with Crippen LogP contribution in [0, 0.1) is 5.92 Å². The minimum Gasteiger partial charge on any atom is -0.369 e. The van der Waals surface area contributed by atoms with Crippen LogP contribution in [-0.2, 0) is 10.3 Å². The Balaban J connectivity index is 1.28. The molecule has 0 N–H and O–H groups in total.